The zero-order chi connectivity index (χ0) is 14.0. The molecule has 1 aromatic rings. The van der Waals surface area contributed by atoms with E-state index in [1.807, 2.05) is 0 Å². The third kappa shape index (κ3) is 3.51. The Labute approximate surface area is 121 Å². The molecule has 2 rings (SSSR count). The first-order valence-corrected chi connectivity index (χ1v) is 8.71. The van der Waals surface area contributed by atoms with Gasteiger partial charge in [0.1, 0.15) is 9.20 Å². The maximum absolute atomic E-state index is 12.2. The summed E-state index contributed by atoms with van der Waals surface area (Å²) in [6.07, 6.45) is 2.54. The van der Waals surface area contributed by atoms with Crippen LogP contribution in [0.4, 0.5) is 0 Å². The summed E-state index contributed by atoms with van der Waals surface area (Å²) < 4.78 is 27.1. The zero-order valence-electron chi connectivity index (χ0n) is 10.2. The smallest absolute Gasteiger partial charge is 0.250 e. The molecule has 2 unspecified atom stereocenters. The first-order valence-electron chi connectivity index (χ1n) is 6.00. The van der Waals surface area contributed by atoms with Crippen molar-refractivity contribution in [1.82, 2.24) is 4.72 Å². The number of rotatable bonds is 4. The van der Waals surface area contributed by atoms with Crippen LogP contribution in [0.25, 0.3) is 0 Å². The Balaban J connectivity index is 2.15. The van der Waals surface area contributed by atoms with Gasteiger partial charge < -0.3 is 10.8 Å². The minimum absolute atomic E-state index is 0.174. The fourth-order valence-corrected chi connectivity index (χ4v) is 4.78. The van der Waals surface area contributed by atoms with E-state index in [4.69, 9.17) is 18.0 Å². The lowest BCUT2D eigenvalue weighted by molar-refractivity contribution is 0.101. The highest BCUT2D eigenvalue weighted by atomic mass is 32.2. The van der Waals surface area contributed by atoms with Crippen LogP contribution in [-0.2, 0) is 10.0 Å². The predicted molar refractivity (Wildman–Crippen MR) is 78.8 cm³/mol. The average Bonchev–Trinajstić information content (AvgIpc) is 2.82. The molecule has 5 nitrogen and oxygen atoms in total. The van der Waals surface area contributed by atoms with Crippen molar-refractivity contribution in [1.29, 1.82) is 0 Å². The Morgan fingerprint density at radius 3 is 2.68 bits per heavy atom. The molecule has 0 bridgehead atoms. The van der Waals surface area contributed by atoms with Crippen LogP contribution in [0, 0.1) is 0 Å². The molecular weight excluding hydrogens is 304 g/mol. The van der Waals surface area contributed by atoms with Gasteiger partial charge >= 0.3 is 0 Å². The zero-order valence-corrected chi connectivity index (χ0v) is 12.7. The second kappa shape index (κ2) is 5.84. The van der Waals surface area contributed by atoms with Crippen LogP contribution in [0.1, 0.15) is 30.6 Å². The molecule has 0 aromatic carbocycles. The van der Waals surface area contributed by atoms with Gasteiger partial charge in [0.25, 0.3) is 0 Å². The van der Waals surface area contributed by atoms with Crippen LogP contribution in [-0.4, -0.2) is 30.7 Å². The molecule has 1 aliphatic rings. The van der Waals surface area contributed by atoms with Crippen LogP contribution in [0.2, 0.25) is 0 Å². The quantitative estimate of drug-likeness (QED) is 0.719. The lowest BCUT2D eigenvalue weighted by Gasteiger charge is -2.27. The van der Waals surface area contributed by atoms with Crippen LogP contribution >= 0.6 is 23.6 Å². The first-order chi connectivity index (χ1) is 8.90. The summed E-state index contributed by atoms with van der Waals surface area (Å²) in [5.41, 5.74) is 5.46. The van der Waals surface area contributed by atoms with Crippen molar-refractivity contribution < 1.29 is 13.5 Å². The Hall–Kier alpha value is -0.540. The van der Waals surface area contributed by atoms with E-state index in [9.17, 15) is 13.5 Å². The van der Waals surface area contributed by atoms with E-state index in [1.54, 1.807) is 6.07 Å². The highest BCUT2D eigenvalue weighted by Gasteiger charge is 2.28. The number of thiophene rings is 1. The molecule has 8 heteroatoms. The van der Waals surface area contributed by atoms with E-state index >= 15 is 0 Å². The molecular formula is C11H16N2O3S3. The second-order valence-electron chi connectivity index (χ2n) is 4.56. The van der Waals surface area contributed by atoms with Gasteiger partial charge in [-0.15, -0.1) is 11.3 Å². The molecule has 0 spiro atoms. The molecule has 1 aromatic heterocycles. The van der Waals surface area contributed by atoms with Crippen molar-refractivity contribution in [2.75, 3.05) is 0 Å². The van der Waals surface area contributed by atoms with Gasteiger partial charge in [-0.2, -0.15) is 0 Å². The maximum Gasteiger partial charge on any atom is 0.250 e. The van der Waals surface area contributed by atoms with Gasteiger partial charge in [0.05, 0.1) is 11.0 Å². The molecule has 0 amide bonds. The fourth-order valence-electron chi connectivity index (χ4n) is 2.10. The summed E-state index contributed by atoms with van der Waals surface area (Å²) in [6.45, 7) is 0. The van der Waals surface area contributed by atoms with Gasteiger partial charge in [-0.05, 0) is 25.0 Å². The highest BCUT2D eigenvalue weighted by Crippen LogP contribution is 2.24. The summed E-state index contributed by atoms with van der Waals surface area (Å²) in [5.74, 6) is 0. The fraction of sp³-hybridized carbons (Fsp3) is 0.545. The molecule has 1 aliphatic carbocycles. The Bertz CT molecular complexity index is 567. The molecule has 1 fully saturated rings. The number of sulfonamides is 1. The van der Waals surface area contributed by atoms with Crippen LogP contribution in [0.15, 0.2) is 16.3 Å². The third-order valence-electron chi connectivity index (χ3n) is 3.13. The first kappa shape index (κ1) is 14.9. The van der Waals surface area contributed by atoms with Gasteiger partial charge in [-0.25, -0.2) is 13.1 Å². The molecule has 0 radical (unpaired) electrons. The van der Waals surface area contributed by atoms with Crippen molar-refractivity contribution >= 4 is 38.6 Å². The second-order valence-corrected chi connectivity index (χ2v) is 8.03. The van der Waals surface area contributed by atoms with E-state index in [0.717, 1.165) is 24.2 Å². The number of aliphatic hydroxyl groups is 1. The Kier molecular flexibility index (Phi) is 4.57. The lowest BCUT2D eigenvalue weighted by atomic mass is 9.93. The summed E-state index contributed by atoms with van der Waals surface area (Å²) in [4.78, 5) is 0.753. The SMILES string of the molecule is NC(=S)c1ccc(S(=O)(=O)NC2CCCCC2O)s1. The van der Waals surface area contributed by atoms with Gasteiger partial charge in [0, 0.05) is 6.04 Å². The van der Waals surface area contributed by atoms with Crippen molar-refractivity contribution in [2.24, 2.45) is 5.73 Å². The van der Waals surface area contributed by atoms with Crippen molar-refractivity contribution in [3.05, 3.63) is 17.0 Å². The van der Waals surface area contributed by atoms with Gasteiger partial charge in [-0.3, -0.25) is 0 Å². The average molecular weight is 320 g/mol. The number of thiocarbonyl (C=S) groups is 1. The molecule has 19 heavy (non-hydrogen) atoms. The molecule has 1 heterocycles. The summed E-state index contributed by atoms with van der Waals surface area (Å²) in [6, 6.07) is 2.67. The van der Waals surface area contributed by atoms with E-state index < -0.39 is 22.2 Å². The van der Waals surface area contributed by atoms with Gasteiger partial charge in [-0.1, -0.05) is 25.1 Å². The van der Waals surface area contributed by atoms with E-state index in [-0.39, 0.29) is 9.20 Å². The van der Waals surface area contributed by atoms with E-state index in [2.05, 4.69) is 4.72 Å². The van der Waals surface area contributed by atoms with Crippen molar-refractivity contribution in [3.8, 4) is 0 Å². The lowest BCUT2D eigenvalue weighted by Crippen LogP contribution is -2.44. The number of hydrogen-bond acceptors (Lipinski definition) is 5. The van der Waals surface area contributed by atoms with Crippen molar-refractivity contribution in [2.45, 2.75) is 42.0 Å². The molecule has 0 saturated heterocycles. The molecule has 0 aliphatic heterocycles. The molecule has 2 atom stereocenters. The normalized spacial score (nSPS) is 24.3. The Morgan fingerprint density at radius 1 is 1.42 bits per heavy atom. The van der Waals surface area contributed by atoms with E-state index in [1.165, 1.54) is 6.07 Å². The monoisotopic (exact) mass is 320 g/mol. The van der Waals surface area contributed by atoms with Gasteiger partial charge in [0.15, 0.2) is 0 Å². The maximum atomic E-state index is 12.2. The predicted octanol–water partition coefficient (Wildman–Crippen LogP) is 0.964. The highest BCUT2D eigenvalue weighted by molar-refractivity contribution is 7.91. The number of hydrogen-bond donors (Lipinski definition) is 3. The minimum Gasteiger partial charge on any atom is -0.391 e. The van der Waals surface area contributed by atoms with Crippen LogP contribution in [0.3, 0.4) is 0 Å². The summed E-state index contributed by atoms with van der Waals surface area (Å²) in [7, 11) is -3.61. The summed E-state index contributed by atoms with van der Waals surface area (Å²) in [5, 5.41) is 9.81. The molecule has 1 saturated carbocycles. The Morgan fingerprint density at radius 2 is 2.11 bits per heavy atom. The molecule has 4 N–H and O–H groups in total. The third-order valence-corrected chi connectivity index (χ3v) is 6.57. The largest absolute Gasteiger partial charge is 0.391 e. The van der Waals surface area contributed by atoms with Crippen LogP contribution < -0.4 is 10.5 Å². The van der Waals surface area contributed by atoms with Crippen molar-refractivity contribution in [3.63, 3.8) is 0 Å². The van der Waals surface area contributed by atoms with Crippen LogP contribution in [0.5, 0.6) is 0 Å². The standard InChI is InChI=1S/C11H16N2O3S3/c12-11(17)9-5-6-10(18-9)19(15,16)13-7-3-1-2-4-8(7)14/h5-8,13-14H,1-4H2,(H2,12,17). The topological polar surface area (TPSA) is 92.4 Å². The van der Waals surface area contributed by atoms with Gasteiger partial charge in [0.2, 0.25) is 10.0 Å². The van der Waals surface area contributed by atoms with E-state index in [0.29, 0.717) is 17.7 Å². The number of nitrogens with two attached hydrogens (primary N) is 1. The number of nitrogens with one attached hydrogen (secondary N) is 1. The molecule has 106 valence electrons. The minimum atomic E-state index is -3.61. The summed E-state index contributed by atoms with van der Waals surface area (Å²) >= 11 is 5.85. The number of aliphatic hydroxyl groups excluding tert-OH is 1.